The molecule has 0 aliphatic rings. The number of Topliss-reactive ketones (excluding diaryl/α,β-unsaturated/α-hetero) is 1. The zero-order valence-electron chi connectivity index (χ0n) is 15.4. The molecule has 0 aromatic heterocycles. The number of halogens is 1. The van der Waals surface area contributed by atoms with E-state index < -0.39 is 24.2 Å². The molecule has 0 N–H and O–H groups in total. The van der Waals surface area contributed by atoms with E-state index in [0.717, 1.165) is 16.9 Å². The van der Waals surface area contributed by atoms with Gasteiger partial charge in [0.1, 0.15) is 18.2 Å². The second-order valence-corrected chi connectivity index (χ2v) is 6.31. The van der Waals surface area contributed by atoms with Gasteiger partial charge in [-0.3, -0.25) is 4.79 Å². The fourth-order valence-electron chi connectivity index (χ4n) is 2.54. The quantitative estimate of drug-likeness (QED) is 0.440. The third-order valence-corrected chi connectivity index (χ3v) is 4.09. The summed E-state index contributed by atoms with van der Waals surface area (Å²) in [7, 11) is 0. The van der Waals surface area contributed by atoms with Crippen LogP contribution in [0.15, 0.2) is 72.8 Å². The largest absolute Gasteiger partial charge is 0.489 e. The van der Waals surface area contributed by atoms with E-state index in [0.29, 0.717) is 12.2 Å². The van der Waals surface area contributed by atoms with Crippen LogP contribution in [0.1, 0.15) is 31.8 Å². The van der Waals surface area contributed by atoms with Crippen LogP contribution in [0.4, 0.5) is 4.39 Å². The van der Waals surface area contributed by atoms with E-state index in [9.17, 15) is 14.0 Å². The fraction of sp³-hybridized carbons (Fsp3) is 0.130. The first-order chi connectivity index (χ1) is 13.5. The second-order valence-electron chi connectivity index (χ2n) is 6.31. The van der Waals surface area contributed by atoms with Gasteiger partial charge in [-0.1, -0.05) is 24.3 Å². The van der Waals surface area contributed by atoms with Gasteiger partial charge in [-0.2, -0.15) is 0 Å². The molecular weight excluding hydrogens is 359 g/mol. The molecule has 0 saturated heterocycles. The van der Waals surface area contributed by atoms with Gasteiger partial charge in [0, 0.05) is 5.56 Å². The highest BCUT2D eigenvalue weighted by Crippen LogP contribution is 2.15. The molecule has 3 aromatic carbocycles. The molecule has 4 nitrogen and oxygen atoms in total. The number of carbonyl (C=O) groups is 2. The van der Waals surface area contributed by atoms with Crippen LogP contribution < -0.4 is 4.74 Å². The van der Waals surface area contributed by atoms with Gasteiger partial charge in [-0.15, -0.1) is 0 Å². The van der Waals surface area contributed by atoms with Crippen LogP contribution in [0.2, 0.25) is 0 Å². The van der Waals surface area contributed by atoms with Crippen molar-refractivity contribution in [3.05, 3.63) is 101 Å². The Morgan fingerprint density at radius 1 is 0.893 bits per heavy atom. The number of hydrogen-bond acceptors (Lipinski definition) is 4. The van der Waals surface area contributed by atoms with Crippen LogP contribution in [-0.2, 0) is 11.3 Å². The van der Waals surface area contributed by atoms with Crippen molar-refractivity contribution in [1.82, 2.24) is 0 Å². The molecule has 0 fully saturated rings. The molecule has 5 heteroatoms. The Labute approximate surface area is 162 Å². The van der Waals surface area contributed by atoms with Crippen LogP contribution in [0, 0.1) is 12.7 Å². The van der Waals surface area contributed by atoms with E-state index in [4.69, 9.17) is 9.47 Å². The van der Waals surface area contributed by atoms with Crippen molar-refractivity contribution in [3.63, 3.8) is 0 Å². The van der Waals surface area contributed by atoms with Crippen molar-refractivity contribution in [3.8, 4) is 5.75 Å². The Balaban J connectivity index is 1.51. The summed E-state index contributed by atoms with van der Waals surface area (Å²) in [5.41, 5.74) is 2.65. The van der Waals surface area contributed by atoms with Crippen LogP contribution in [-0.4, -0.2) is 18.4 Å². The number of hydrogen-bond donors (Lipinski definition) is 0. The first-order valence-electron chi connectivity index (χ1n) is 8.75. The maximum Gasteiger partial charge on any atom is 0.338 e. The fourth-order valence-corrected chi connectivity index (χ4v) is 2.54. The molecule has 3 aromatic rings. The van der Waals surface area contributed by atoms with Crippen LogP contribution in [0.25, 0.3) is 0 Å². The first kappa shape index (κ1) is 19.3. The van der Waals surface area contributed by atoms with Gasteiger partial charge in [-0.25, -0.2) is 9.18 Å². The van der Waals surface area contributed by atoms with Gasteiger partial charge < -0.3 is 9.47 Å². The van der Waals surface area contributed by atoms with Crippen molar-refractivity contribution in [2.24, 2.45) is 0 Å². The molecular formula is C23H19FO4. The molecule has 0 bridgehead atoms. The molecule has 142 valence electrons. The molecule has 0 saturated carbocycles. The maximum absolute atomic E-state index is 12.9. The Hall–Kier alpha value is -3.47. The highest BCUT2D eigenvalue weighted by atomic mass is 19.1. The summed E-state index contributed by atoms with van der Waals surface area (Å²) in [6, 6.07) is 19.6. The van der Waals surface area contributed by atoms with Crippen molar-refractivity contribution >= 4 is 11.8 Å². The second kappa shape index (κ2) is 8.95. The topological polar surface area (TPSA) is 52.6 Å². The lowest BCUT2D eigenvalue weighted by molar-refractivity contribution is 0.0474. The van der Waals surface area contributed by atoms with Gasteiger partial charge in [0.2, 0.25) is 0 Å². The molecule has 0 atom stereocenters. The Morgan fingerprint density at radius 3 is 2.25 bits per heavy atom. The van der Waals surface area contributed by atoms with E-state index in [-0.39, 0.29) is 5.56 Å². The van der Waals surface area contributed by atoms with E-state index >= 15 is 0 Å². The van der Waals surface area contributed by atoms with E-state index in [1.807, 2.05) is 31.2 Å². The summed E-state index contributed by atoms with van der Waals surface area (Å²) in [4.78, 5) is 24.1. The third-order valence-electron chi connectivity index (χ3n) is 4.09. The minimum atomic E-state index is -0.596. The number of ketones is 1. The van der Waals surface area contributed by atoms with Crippen LogP contribution >= 0.6 is 0 Å². The zero-order valence-corrected chi connectivity index (χ0v) is 15.4. The minimum Gasteiger partial charge on any atom is -0.489 e. The summed E-state index contributed by atoms with van der Waals surface area (Å²) >= 11 is 0. The normalized spacial score (nSPS) is 10.4. The average molecular weight is 378 g/mol. The lowest BCUT2D eigenvalue weighted by Crippen LogP contribution is -2.14. The van der Waals surface area contributed by atoms with Crippen molar-refractivity contribution < 1.29 is 23.5 Å². The first-order valence-corrected chi connectivity index (χ1v) is 8.75. The highest BCUT2D eigenvalue weighted by Gasteiger charge is 2.12. The molecule has 0 radical (unpaired) electrons. The smallest absolute Gasteiger partial charge is 0.338 e. The van der Waals surface area contributed by atoms with Crippen LogP contribution in [0.5, 0.6) is 5.75 Å². The number of benzene rings is 3. The van der Waals surface area contributed by atoms with E-state index in [2.05, 4.69) is 0 Å². The van der Waals surface area contributed by atoms with Gasteiger partial charge in [0.05, 0.1) is 5.56 Å². The molecule has 0 spiro atoms. The molecule has 0 amide bonds. The van der Waals surface area contributed by atoms with Gasteiger partial charge in [0.15, 0.2) is 12.4 Å². The monoisotopic (exact) mass is 378 g/mol. The number of aryl methyl sites for hydroxylation is 1. The predicted molar refractivity (Wildman–Crippen MR) is 103 cm³/mol. The van der Waals surface area contributed by atoms with E-state index in [1.54, 1.807) is 24.3 Å². The summed E-state index contributed by atoms with van der Waals surface area (Å²) in [5, 5.41) is 0. The average Bonchev–Trinajstić information content (AvgIpc) is 2.71. The molecule has 0 aliphatic carbocycles. The molecule has 28 heavy (non-hydrogen) atoms. The number of carbonyl (C=O) groups excluding carboxylic acids is 2. The molecule has 0 aliphatic heterocycles. The standard InChI is InChI=1S/C23H19FO4/c1-16-3-2-4-21(13-16)27-14-17-5-7-19(8-6-17)23(26)28-15-22(25)18-9-11-20(24)12-10-18/h2-13H,14-15H2,1H3. The van der Waals surface area contributed by atoms with Gasteiger partial charge in [-0.05, 0) is 66.6 Å². The number of ether oxygens (including phenoxy) is 2. The SMILES string of the molecule is Cc1cccc(OCc2ccc(C(=O)OCC(=O)c3ccc(F)cc3)cc2)c1. The lowest BCUT2D eigenvalue weighted by Gasteiger charge is -2.08. The lowest BCUT2D eigenvalue weighted by atomic mass is 10.1. The van der Waals surface area contributed by atoms with Crippen molar-refractivity contribution in [2.75, 3.05) is 6.61 Å². The number of rotatable bonds is 7. The Bertz CT molecular complexity index is 963. The molecule has 0 unspecified atom stereocenters. The van der Waals surface area contributed by atoms with Crippen molar-refractivity contribution in [1.29, 1.82) is 0 Å². The third kappa shape index (κ3) is 5.27. The summed E-state index contributed by atoms with van der Waals surface area (Å²) < 4.78 is 23.6. The summed E-state index contributed by atoms with van der Waals surface area (Å²) in [6.45, 7) is 1.97. The molecule has 0 heterocycles. The summed E-state index contributed by atoms with van der Waals surface area (Å²) in [5.74, 6) is -0.638. The maximum atomic E-state index is 12.9. The van der Waals surface area contributed by atoms with Crippen molar-refractivity contribution in [2.45, 2.75) is 13.5 Å². The van der Waals surface area contributed by atoms with Crippen LogP contribution in [0.3, 0.4) is 0 Å². The zero-order chi connectivity index (χ0) is 19.9. The summed E-state index contributed by atoms with van der Waals surface area (Å²) in [6.07, 6.45) is 0. The number of esters is 1. The van der Waals surface area contributed by atoms with Gasteiger partial charge in [0.25, 0.3) is 0 Å². The highest BCUT2D eigenvalue weighted by molar-refractivity contribution is 5.99. The minimum absolute atomic E-state index is 0.290. The van der Waals surface area contributed by atoms with E-state index in [1.165, 1.54) is 24.3 Å². The van der Waals surface area contributed by atoms with Gasteiger partial charge >= 0.3 is 5.97 Å². The Kier molecular flexibility index (Phi) is 6.17. The molecule has 3 rings (SSSR count). The Morgan fingerprint density at radius 2 is 1.57 bits per heavy atom. The predicted octanol–water partition coefficient (Wildman–Crippen LogP) is 4.75.